The Morgan fingerprint density at radius 2 is 1.46 bits per heavy atom. The van der Waals surface area contributed by atoms with Crippen molar-refractivity contribution in [3.63, 3.8) is 0 Å². The molecule has 0 bridgehead atoms. The lowest BCUT2D eigenvalue weighted by atomic mass is 10.1. The summed E-state index contributed by atoms with van der Waals surface area (Å²) in [4.78, 5) is 32.9. The van der Waals surface area contributed by atoms with Crippen LogP contribution in [0.15, 0.2) is 102 Å². The molecular weight excluding hydrogens is 518 g/mol. The minimum Gasteiger partial charge on any atom is -0.493 e. The number of hydrogen-bond acceptors (Lipinski definition) is 6. The van der Waals surface area contributed by atoms with Crippen LogP contribution in [-0.2, 0) is 4.79 Å². The van der Waals surface area contributed by atoms with E-state index in [9.17, 15) is 9.59 Å². The summed E-state index contributed by atoms with van der Waals surface area (Å²) in [5.41, 5.74) is 4.53. The number of carbonyl (C=O) groups is 2. The van der Waals surface area contributed by atoms with Crippen LogP contribution < -0.4 is 24.4 Å². The van der Waals surface area contributed by atoms with Crippen molar-refractivity contribution in [2.24, 2.45) is 4.99 Å². The molecule has 2 amide bonds. The van der Waals surface area contributed by atoms with E-state index in [1.165, 1.54) is 21.3 Å². The van der Waals surface area contributed by atoms with Gasteiger partial charge in [-0.25, -0.2) is 4.99 Å². The van der Waals surface area contributed by atoms with Crippen molar-refractivity contribution in [1.82, 2.24) is 0 Å². The van der Waals surface area contributed by atoms with Crippen LogP contribution in [0.3, 0.4) is 0 Å². The van der Waals surface area contributed by atoms with Gasteiger partial charge in [0, 0.05) is 16.8 Å². The first kappa shape index (κ1) is 27.2. The van der Waals surface area contributed by atoms with Crippen LogP contribution in [0.1, 0.15) is 27.0 Å². The maximum Gasteiger partial charge on any atom is 0.282 e. The first-order valence-corrected chi connectivity index (χ1v) is 12.9. The molecule has 8 nitrogen and oxygen atoms in total. The SMILES string of the molecule is COc1cc(C=C2N=C(c3ccccc3)N(c3ccc(C(=O)Nc4ccc(C)cc4)cc3)C2=O)cc(OC)c1OC. The molecule has 1 aliphatic rings. The van der Waals surface area contributed by atoms with E-state index in [0.717, 1.165) is 11.1 Å². The second-order valence-electron chi connectivity index (χ2n) is 9.30. The highest BCUT2D eigenvalue weighted by Crippen LogP contribution is 2.39. The molecule has 1 aliphatic heterocycles. The number of hydrogen-bond donors (Lipinski definition) is 1. The van der Waals surface area contributed by atoms with Gasteiger partial charge >= 0.3 is 0 Å². The van der Waals surface area contributed by atoms with E-state index in [1.54, 1.807) is 47.4 Å². The Hall–Kier alpha value is -5.37. The number of aryl methyl sites for hydroxylation is 1. The smallest absolute Gasteiger partial charge is 0.282 e. The second kappa shape index (κ2) is 11.8. The fourth-order valence-corrected chi connectivity index (χ4v) is 4.48. The number of nitrogens with zero attached hydrogens (tertiary/aromatic N) is 2. The van der Waals surface area contributed by atoms with Gasteiger partial charge in [-0.2, -0.15) is 0 Å². The predicted octanol–water partition coefficient (Wildman–Crippen LogP) is 6.11. The van der Waals surface area contributed by atoms with Gasteiger partial charge in [-0.1, -0.05) is 48.0 Å². The van der Waals surface area contributed by atoms with E-state index in [2.05, 4.69) is 5.32 Å². The Morgan fingerprint density at radius 1 is 0.829 bits per heavy atom. The topological polar surface area (TPSA) is 89.5 Å². The summed E-state index contributed by atoms with van der Waals surface area (Å²) in [6.07, 6.45) is 1.68. The molecule has 0 aromatic heterocycles. The summed E-state index contributed by atoms with van der Waals surface area (Å²) in [5, 5.41) is 2.90. The Balaban J connectivity index is 1.48. The number of amidine groups is 1. The standard InChI is InChI=1S/C33H29N3O5/c1-21-10-14-25(15-11-21)34-32(37)24-12-16-26(17-13-24)36-31(23-8-6-5-7-9-23)35-27(33(36)38)18-22-19-28(39-2)30(41-4)29(20-22)40-3/h5-20H,1-4H3,(H,34,37). The maximum atomic E-state index is 13.8. The molecule has 0 fully saturated rings. The van der Waals surface area contributed by atoms with Crippen LogP contribution in [0.5, 0.6) is 17.2 Å². The molecule has 41 heavy (non-hydrogen) atoms. The Morgan fingerprint density at radius 3 is 2.05 bits per heavy atom. The number of aliphatic imine (C=N–C) groups is 1. The number of methoxy groups -OCH3 is 3. The summed E-state index contributed by atoms with van der Waals surface area (Å²) in [6.45, 7) is 1.99. The maximum absolute atomic E-state index is 13.8. The van der Waals surface area contributed by atoms with E-state index in [-0.39, 0.29) is 17.5 Å². The average molecular weight is 548 g/mol. The first-order valence-electron chi connectivity index (χ1n) is 12.9. The molecule has 5 rings (SSSR count). The summed E-state index contributed by atoms with van der Waals surface area (Å²) in [7, 11) is 4.60. The van der Waals surface area contributed by atoms with Gasteiger partial charge in [-0.15, -0.1) is 0 Å². The normalized spacial score (nSPS) is 13.7. The number of amides is 2. The monoisotopic (exact) mass is 547 g/mol. The zero-order valence-corrected chi connectivity index (χ0v) is 23.2. The molecular formula is C33H29N3O5. The van der Waals surface area contributed by atoms with E-state index >= 15 is 0 Å². The predicted molar refractivity (Wildman–Crippen MR) is 160 cm³/mol. The van der Waals surface area contributed by atoms with Crippen LogP contribution in [0.4, 0.5) is 11.4 Å². The minimum atomic E-state index is -0.311. The van der Waals surface area contributed by atoms with Crippen molar-refractivity contribution < 1.29 is 23.8 Å². The summed E-state index contributed by atoms with van der Waals surface area (Å²) in [6, 6.07) is 27.4. The van der Waals surface area contributed by atoms with Crippen molar-refractivity contribution in [2.75, 3.05) is 31.5 Å². The molecule has 0 saturated carbocycles. The molecule has 4 aromatic carbocycles. The zero-order chi connectivity index (χ0) is 28.9. The van der Waals surface area contributed by atoms with Gasteiger partial charge in [0.2, 0.25) is 5.75 Å². The van der Waals surface area contributed by atoms with Gasteiger partial charge in [0.25, 0.3) is 11.8 Å². The average Bonchev–Trinajstić information content (AvgIpc) is 3.33. The Bertz CT molecular complexity index is 1620. The van der Waals surface area contributed by atoms with Crippen molar-refractivity contribution in [3.05, 3.63) is 119 Å². The highest BCUT2D eigenvalue weighted by Gasteiger charge is 2.32. The van der Waals surface area contributed by atoms with Crippen molar-refractivity contribution >= 4 is 35.1 Å². The zero-order valence-electron chi connectivity index (χ0n) is 23.2. The Kier molecular flexibility index (Phi) is 7.83. The minimum absolute atomic E-state index is 0.235. The van der Waals surface area contributed by atoms with Crippen LogP contribution in [0.25, 0.3) is 6.08 Å². The van der Waals surface area contributed by atoms with Crippen LogP contribution in [-0.4, -0.2) is 39.0 Å². The molecule has 0 spiro atoms. The number of carbonyl (C=O) groups excluding carboxylic acids is 2. The van der Waals surface area contributed by atoms with Gasteiger partial charge < -0.3 is 19.5 Å². The quantitative estimate of drug-likeness (QED) is 0.269. The fourth-order valence-electron chi connectivity index (χ4n) is 4.48. The highest BCUT2D eigenvalue weighted by molar-refractivity contribution is 6.33. The van der Waals surface area contributed by atoms with Gasteiger partial charge in [-0.05, 0) is 67.1 Å². The number of nitrogens with one attached hydrogen (secondary N) is 1. The molecule has 206 valence electrons. The second-order valence-corrected chi connectivity index (χ2v) is 9.30. The van der Waals surface area contributed by atoms with Gasteiger partial charge in [0.15, 0.2) is 11.5 Å². The van der Waals surface area contributed by atoms with E-state index in [1.807, 2.05) is 61.5 Å². The number of benzene rings is 4. The van der Waals surface area contributed by atoms with E-state index < -0.39 is 0 Å². The third-order valence-corrected chi connectivity index (χ3v) is 6.58. The van der Waals surface area contributed by atoms with Crippen LogP contribution in [0, 0.1) is 6.92 Å². The molecule has 0 atom stereocenters. The van der Waals surface area contributed by atoms with Crippen LogP contribution in [0.2, 0.25) is 0 Å². The third-order valence-electron chi connectivity index (χ3n) is 6.58. The van der Waals surface area contributed by atoms with Gasteiger partial charge in [-0.3, -0.25) is 14.5 Å². The molecule has 0 unspecified atom stereocenters. The summed E-state index contributed by atoms with van der Waals surface area (Å²) in [5.74, 6) is 1.31. The lowest BCUT2D eigenvalue weighted by Gasteiger charge is -2.19. The molecule has 0 aliphatic carbocycles. The Labute approximate surface area is 238 Å². The first-order chi connectivity index (χ1) is 19.9. The number of anilines is 2. The molecule has 8 heteroatoms. The molecule has 0 radical (unpaired) electrons. The fraction of sp³-hybridized carbons (Fsp3) is 0.121. The third kappa shape index (κ3) is 5.67. The lowest BCUT2D eigenvalue weighted by Crippen LogP contribution is -2.32. The highest BCUT2D eigenvalue weighted by atomic mass is 16.5. The molecule has 4 aromatic rings. The number of rotatable bonds is 8. The molecule has 1 N–H and O–H groups in total. The van der Waals surface area contributed by atoms with E-state index in [4.69, 9.17) is 19.2 Å². The van der Waals surface area contributed by atoms with Crippen LogP contribution >= 0.6 is 0 Å². The lowest BCUT2D eigenvalue weighted by molar-refractivity contribution is -0.113. The largest absolute Gasteiger partial charge is 0.493 e. The van der Waals surface area contributed by atoms with Crippen molar-refractivity contribution in [2.45, 2.75) is 6.92 Å². The number of ether oxygens (including phenoxy) is 3. The molecule has 1 heterocycles. The summed E-state index contributed by atoms with van der Waals surface area (Å²) >= 11 is 0. The van der Waals surface area contributed by atoms with Crippen molar-refractivity contribution in [3.8, 4) is 17.2 Å². The molecule has 0 saturated heterocycles. The van der Waals surface area contributed by atoms with Gasteiger partial charge in [0.05, 0.1) is 27.0 Å². The van der Waals surface area contributed by atoms with E-state index in [0.29, 0.717) is 45.6 Å². The summed E-state index contributed by atoms with van der Waals surface area (Å²) < 4.78 is 16.3. The van der Waals surface area contributed by atoms with Gasteiger partial charge in [0.1, 0.15) is 11.5 Å². The van der Waals surface area contributed by atoms with Crippen molar-refractivity contribution in [1.29, 1.82) is 0 Å².